The minimum atomic E-state index is -0.250. The summed E-state index contributed by atoms with van der Waals surface area (Å²) < 4.78 is 0. The number of hydrogen-bond acceptors (Lipinski definition) is 3. The van der Waals surface area contributed by atoms with Gasteiger partial charge in [0.2, 0.25) is 0 Å². The van der Waals surface area contributed by atoms with Crippen LogP contribution in [0.3, 0.4) is 0 Å². The van der Waals surface area contributed by atoms with Gasteiger partial charge in [-0.25, -0.2) is 0 Å². The Hall–Kier alpha value is -0.900. The van der Waals surface area contributed by atoms with Crippen molar-refractivity contribution >= 4 is 12.8 Å². The molecule has 0 saturated carbocycles. The average Bonchev–Trinajstić information content (AvgIpc) is 2.08. The predicted octanol–water partition coefficient (Wildman–Crippen LogP) is -0.114. The summed E-state index contributed by atoms with van der Waals surface area (Å²) in [4.78, 5) is 18.5. The van der Waals surface area contributed by atoms with Crippen molar-refractivity contribution in [2.24, 2.45) is 5.92 Å². The lowest BCUT2D eigenvalue weighted by molar-refractivity contribution is -0.122. The summed E-state index contributed by atoms with van der Waals surface area (Å²) in [6, 6.07) is 0. The summed E-state index contributed by atoms with van der Waals surface area (Å²) in [6.07, 6.45) is 3.13. The van der Waals surface area contributed by atoms with Gasteiger partial charge in [-0.2, -0.15) is 0 Å². The van der Waals surface area contributed by atoms with Crippen LogP contribution in [0.1, 0.15) is 12.8 Å². The summed E-state index contributed by atoms with van der Waals surface area (Å²) in [5.41, 5.74) is 0. The molecule has 1 heterocycles. The second kappa shape index (κ2) is 7.21. The Balaban J connectivity index is 0.000000292. The number of piperidine rings is 1. The fraction of sp³-hybridized carbons (Fsp3) is 0.714. The molecule has 0 unspecified atom stereocenters. The zero-order valence-electron chi connectivity index (χ0n) is 6.32. The lowest BCUT2D eigenvalue weighted by Gasteiger charge is -2.16. The van der Waals surface area contributed by atoms with E-state index in [4.69, 9.17) is 9.90 Å². The fourth-order valence-electron chi connectivity index (χ4n) is 0.980. The zero-order chi connectivity index (χ0) is 8.53. The van der Waals surface area contributed by atoms with E-state index in [-0.39, 0.29) is 6.47 Å². The van der Waals surface area contributed by atoms with Gasteiger partial charge >= 0.3 is 0 Å². The van der Waals surface area contributed by atoms with Gasteiger partial charge in [0, 0.05) is 5.92 Å². The molecule has 0 radical (unpaired) electrons. The van der Waals surface area contributed by atoms with Crippen LogP contribution >= 0.6 is 0 Å². The molecule has 0 spiro atoms. The molecule has 0 amide bonds. The van der Waals surface area contributed by atoms with Gasteiger partial charge in [0.15, 0.2) is 0 Å². The number of carbonyl (C=O) groups excluding carboxylic acids is 1. The molecule has 1 fully saturated rings. The quantitative estimate of drug-likeness (QED) is 0.524. The highest BCUT2D eigenvalue weighted by atomic mass is 16.3. The van der Waals surface area contributed by atoms with Gasteiger partial charge in [-0.1, -0.05) is 0 Å². The van der Waals surface area contributed by atoms with Crippen LogP contribution in [-0.4, -0.2) is 31.0 Å². The van der Waals surface area contributed by atoms with E-state index >= 15 is 0 Å². The van der Waals surface area contributed by atoms with Crippen molar-refractivity contribution in [2.45, 2.75) is 12.8 Å². The lowest BCUT2D eigenvalue weighted by atomic mass is 10.0. The van der Waals surface area contributed by atoms with Crippen molar-refractivity contribution in [1.29, 1.82) is 0 Å². The van der Waals surface area contributed by atoms with Gasteiger partial charge in [0.25, 0.3) is 6.47 Å². The Morgan fingerprint density at radius 3 is 2.00 bits per heavy atom. The molecule has 64 valence electrons. The molecule has 1 aliphatic heterocycles. The highest BCUT2D eigenvalue weighted by molar-refractivity contribution is 5.53. The van der Waals surface area contributed by atoms with Gasteiger partial charge < -0.3 is 15.2 Å². The largest absolute Gasteiger partial charge is 0.483 e. The molecule has 4 nitrogen and oxygen atoms in total. The Labute approximate surface area is 65.6 Å². The highest BCUT2D eigenvalue weighted by Crippen LogP contribution is 2.06. The molecule has 0 aromatic heterocycles. The third-order valence-corrected chi connectivity index (χ3v) is 1.58. The average molecular weight is 159 g/mol. The van der Waals surface area contributed by atoms with Crippen molar-refractivity contribution in [1.82, 2.24) is 5.32 Å². The Kier molecular flexibility index (Phi) is 6.62. The van der Waals surface area contributed by atoms with Gasteiger partial charge in [0.05, 0.1) is 0 Å². The molecule has 2 N–H and O–H groups in total. The molecule has 1 rings (SSSR count). The fourth-order valence-corrected chi connectivity index (χ4v) is 0.980. The summed E-state index contributed by atoms with van der Waals surface area (Å²) in [5, 5.41) is 10.1. The first-order chi connectivity index (χ1) is 5.35. The monoisotopic (exact) mass is 159 g/mol. The Morgan fingerprint density at radius 1 is 1.27 bits per heavy atom. The maximum Gasteiger partial charge on any atom is 0.290 e. The van der Waals surface area contributed by atoms with Crippen LogP contribution in [0.2, 0.25) is 0 Å². The van der Waals surface area contributed by atoms with Gasteiger partial charge in [-0.3, -0.25) is 4.79 Å². The molecular formula is C7H13NO3. The van der Waals surface area contributed by atoms with Crippen molar-refractivity contribution in [3.05, 3.63) is 0 Å². The first-order valence-corrected chi connectivity index (χ1v) is 3.59. The van der Waals surface area contributed by atoms with E-state index in [1.165, 1.54) is 0 Å². The third kappa shape index (κ3) is 5.54. The Morgan fingerprint density at radius 2 is 1.73 bits per heavy atom. The number of nitrogens with one attached hydrogen (secondary N) is 1. The number of aldehydes is 1. The minimum absolute atomic E-state index is 0.250. The summed E-state index contributed by atoms with van der Waals surface area (Å²) in [5.74, 6) is 0.344. The van der Waals surface area contributed by atoms with E-state index in [1.807, 2.05) is 0 Å². The van der Waals surface area contributed by atoms with Gasteiger partial charge in [0.1, 0.15) is 6.29 Å². The van der Waals surface area contributed by atoms with Crippen LogP contribution in [0.5, 0.6) is 0 Å². The summed E-state index contributed by atoms with van der Waals surface area (Å²) in [7, 11) is 0. The molecule has 0 atom stereocenters. The number of rotatable bonds is 1. The zero-order valence-corrected chi connectivity index (χ0v) is 6.32. The summed E-state index contributed by atoms with van der Waals surface area (Å²) >= 11 is 0. The molecule has 4 heteroatoms. The molecule has 0 aromatic rings. The van der Waals surface area contributed by atoms with E-state index < -0.39 is 0 Å². The van der Waals surface area contributed by atoms with Gasteiger partial charge in [-0.15, -0.1) is 0 Å². The van der Waals surface area contributed by atoms with E-state index in [9.17, 15) is 4.79 Å². The third-order valence-electron chi connectivity index (χ3n) is 1.58. The second-order valence-corrected chi connectivity index (χ2v) is 2.33. The van der Waals surface area contributed by atoms with Crippen LogP contribution in [0, 0.1) is 5.92 Å². The van der Waals surface area contributed by atoms with Crippen molar-refractivity contribution in [3.8, 4) is 0 Å². The standard InChI is InChI=1S/C6H11NO.CH2O2/c8-5-6-1-3-7-4-2-6;2-1-3/h5-7H,1-4H2;1H,(H,2,3). The lowest BCUT2D eigenvalue weighted by Crippen LogP contribution is -2.28. The van der Waals surface area contributed by atoms with Crippen LogP contribution in [-0.2, 0) is 9.59 Å². The van der Waals surface area contributed by atoms with Crippen LogP contribution in [0.25, 0.3) is 0 Å². The molecular weight excluding hydrogens is 146 g/mol. The number of hydrogen-bond donors (Lipinski definition) is 2. The van der Waals surface area contributed by atoms with Crippen LogP contribution < -0.4 is 5.32 Å². The van der Waals surface area contributed by atoms with Gasteiger partial charge in [-0.05, 0) is 25.9 Å². The van der Waals surface area contributed by atoms with Crippen molar-refractivity contribution in [3.63, 3.8) is 0 Å². The summed E-state index contributed by atoms with van der Waals surface area (Å²) in [6.45, 7) is 1.78. The maximum atomic E-state index is 10.1. The smallest absolute Gasteiger partial charge is 0.290 e. The maximum absolute atomic E-state index is 10.1. The molecule has 11 heavy (non-hydrogen) atoms. The molecule has 1 saturated heterocycles. The van der Waals surface area contributed by atoms with Crippen molar-refractivity contribution < 1.29 is 14.7 Å². The van der Waals surface area contributed by atoms with E-state index in [1.54, 1.807) is 0 Å². The molecule has 0 aliphatic carbocycles. The van der Waals surface area contributed by atoms with E-state index in [0.717, 1.165) is 32.2 Å². The normalized spacial score (nSPS) is 17.8. The number of carboxylic acid groups (broad SMARTS) is 1. The number of carbonyl (C=O) groups is 2. The molecule has 1 aliphatic rings. The molecule has 0 aromatic carbocycles. The molecule has 0 bridgehead atoms. The van der Waals surface area contributed by atoms with Crippen LogP contribution in [0.4, 0.5) is 0 Å². The van der Waals surface area contributed by atoms with E-state index in [2.05, 4.69) is 5.32 Å². The van der Waals surface area contributed by atoms with Crippen molar-refractivity contribution in [2.75, 3.05) is 13.1 Å². The van der Waals surface area contributed by atoms with E-state index in [0.29, 0.717) is 5.92 Å². The first-order valence-electron chi connectivity index (χ1n) is 3.59. The van der Waals surface area contributed by atoms with Crippen LogP contribution in [0.15, 0.2) is 0 Å². The Bertz CT molecular complexity index is 110. The predicted molar refractivity (Wildman–Crippen MR) is 40.4 cm³/mol. The highest BCUT2D eigenvalue weighted by Gasteiger charge is 2.09. The second-order valence-electron chi connectivity index (χ2n) is 2.33. The minimum Gasteiger partial charge on any atom is -0.483 e. The SMILES string of the molecule is O=CC1CCNCC1.O=CO. The first kappa shape index (κ1) is 10.1. The topological polar surface area (TPSA) is 66.4 Å².